The number of piperidine rings is 1. The van der Waals surface area contributed by atoms with Crippen molar-refractivity contribution in [3.63, 3.8) is 0 Å². The highest BCUT2D eigenvalue weighted by Crippen LogP contribution is 2.33. The van der Waals surface area contributed by atoms with E-state index in [1.54, 1.807) is 0 Å². The van der Waals surface area contributed by atoms with Crippen molar-refractivity contribution < 1.29 is 0 Å². The minimum atomic E-state index is 0.723. The van der Waals surface area contributed by atoms with Crippen LogP contribution in [0.2, 0.25) is 0 Å². The van der Waals surface area contributed by atoms with E-state index >= 15 is 0 Å². The summed E-state index contributed by atoms with van der Waals surface area (Å²) in [7, 11) is 0. The average Bonchev–Trinajstić information content (AvgIpc) is 2.74. The van der Waals surface area contributed by atoms with Gasteiger partial charge in [0.25, 0.3) is 0 Å². The number of hydrogen-bond acceptors (Lipinski definition) is 2. The zero-order valence-corrected chi connectivity index (χ0v) is 12.7. The van der Waals surface area contributed by atoms with Crippen molar-refractivity contribution in [2.24, 2.45) is 5.92 Å². The molecule has 0 spiro atoms. The lowest BCUT2D eigenvalue weighted by molar-refractivity contribution is 0.0702. The van der Waals surface area contributed by atoms with Crippen molar-refractivity contribution in [3.8, 4) is 0 Å². The zero-order chi connectivity index (χ0) is 13.0. The molecule has 0 aliphatic carbocycles. The maximum absolute atomic E-state index is 2.72. The summed E-state index contributed by atoms with van der Waals surface area (Å²) in [5, 5.41) is 0. The molecule has 0 saturated carbocycles. The molecule has 0 aromatic heterocycles. The van der Waals surface area contributed by atoms with E-state index in [1.165, 1.54) is 32.5 Å². The lowest BCUT2D eigenvalue weighted by Crippen LogP contribution is -2.51. The Kier molecular flexibility index (Phi) is 5.94. The Morgan fingerprint density at radius 3 is 2.00 bits per heavy atom. The first-order valence-electron chi connectivity index (χ1n) is 7.59. The molecule has 2 saturated heterocycles. The standard InChI is InChI=1S/C13H26N2.C2H6/c1-10(2)14-7-5-12-6-8-15(11(3)4)13(12)9-14;1-2/h10-13H,5-9H2,1-4H3;1-2H3. The largest absolute Gasteiger partial charge is 0.299 e. The van der Waals surface area contributed by atoms with E-state index in [2.05, 4.69) is 37.5 Å². The van der Waals surface area contributed by atoms with Gasteiger partial charge < -0.3 is 0 Å². The van der Waals surface area contributed by atoms with Crippen molar-refractivity contribution in [1.82, 2.24) is 9.80 Å². The lowest BCUT2D eigenvalue weighted by atomic mass is 9.91. The van der Waals surface area contributed by atoms with E-state index in [1.807, 2.05) is 13.8 Å². The monoisotopic (exact) mass is 240 g/mol. The van der Waals surface area contributed by atoms with Gasteiger partial charge in [0.15, 0.2) is 0 Å². The Labute approximate surface area is 108 Å². The van der Waals surface area contributed by atoms with E-state index in [9.17, 15) is 0 Å². The van der Waals surface area contributed by atoms with Crippen LogP contribution in [-0.2, 0) is 0 Å². The molecule has 2 aliphatic rings. The Balaban J connectivity index is 0.000000686. The molecule has 2 nitrogen and oxygen atoms in total. The van der Waals surface area contributed by atoms with E-state index in [0.29, 0.717) is 0 Å². The van der Waals surface area contributed by atoms with Gasteiger partial charge in [0.2, 0.25) is 0 Å². The van der Waals surface area contributed by atoms with Crippen LogP contribution in [0.15, 0.2) is 0 Å². The van der Waals surface area contributed by atoms with E-state index in [4.69, 9.17) is 0 Å². The molecule has 2 heterocycles. The van der Waals surface area contributed by atoms with Crippen LogP contribution in [0.1, 0.15) is 54.4 Å². The highest BCUT2D eigenvalue weighted by Gasteiger charge is 2.39. The molecule has 2 rings (SSSR count). The fourth-order valence-corrected chi connectivity index (χ4v) is 3.31. The predicted octanol–water partition coefficient (Wildman–Crippen LogP) is 3.23. The SMILES string of the molecule is CC.CC(C)N1CCC2CCN(C(C)C)C2C1. The van der Waals surface area contributed by atoms with Crippen molar-refractivity contribution in [2.45, 2.75) is 72.5 Å². The minimum Gasteiger partial charge on any atom is -0.299 e. The smallest absolute Gasteiger partial charge is 0.0255 e. The predicted molar refractivity (Wildman–Crippen MR) is 76.4 cm³/mol. The number of nitrogens with zero attached hydrogens (tertiary/aromatic N) is 2. The van der Waals surface area contributed by atoms with Gasteiger partial charge in [0.05, 0.1) is 0 Å². The van der Waals surface area contributed by atoms with E-state index in [-0.39, 0.29) is 0 Å². The Morgan fingerprint density at radius 1 is 0.882 bits per heavy atom. The summed E-state index contributed by atoms with van der Waals surface area (Å²) in [6.45, 7) is 17.3. The van der Waals surface area contributed by atoms with Crippen molar-refractivity contribution >= 4 is 0 Å². The molecule has 2 heteroatoms. The fraction of sp³-hybridized carbons (Fsp3) is 1.00. The third kappa shape index (κ3) is 3.45. The number of likely N-dealkylation sites (tertiary alicyclic amines) is 2. The van der Waals surface area contributed by atoms with Gasteiger partial charge in [-0.2, -0.15) is 0 Å². The highest BCUT2D eigenvalue weighted by atomic mass is 15.3. The van der Waals surface area contributed by atoms with Crippen LogP contribution in [0.25, 0.3) is 0 Å². The summed E-state index contributed by atoms with van der Waals surface area (Å²) in [6, 6.07) is 2.30. The number of hydrogen-bond donors (Lipinski definition) is 0. The fourth-order valence-electron chi connectivity index (χ4n) is 3.31. The summed E-state index contributed by atoms with van der Waals surface area (Å²) in [4.78, 5) is 5.38. The topological polar surface area (TPSA) is 6.48 Å². The molecule has 17 heavy (non-hydrogen) atoms. The third-order valence-electron chi connectivity index (χ3n) is 4.33. The molecule has 0 aromatic rings. The molecule has 102 valence electrons. The molecule has 0 bridgehead atoms. The van der Waals surface area contributed by atoms with Gasteiger partial charge in [-0.25, -0.2) is 0 Å². The molecule has 0 N–H and O–H groups in total. The Bertz CT molecular complexity index is 213. The molecule has 2 unspecified atom stereocenters. The maximum Gasteiger partial charge on any atom is 0.0255 e. The number of rotatable bonds is 2. The van der Waals surface area contributed by atoms with Crippen LogP contribution in [0.4, 0.5) is 0 Å². The van der Waals surface area contributed by atoms with Crippen LogP contribution in [0.5, 0.6) is 0 Å². The van der Waals surface area contributed by atoms with Crippen molar-refractivity contribution in [2.75, 3.05) is 19.6 Å². The van der Waals surface area contributed by atoms with Crippen LogP contribution in [-0.4, -0.2) is 47.6 Å². The maximum atomic E-state index is 2.72. The van der Waals surface area contributed by atoms with Gasteiger partial charge in [-0.05, 0) is 59.5 Å². The first kappa shape index (κ1) is 15.0. The molecule has 2 aliphatic heterocycles. The molecule has 2 fully saturated rings. The van der Waals surface area contributed by atoms with Gasteiger partial charge in [0.1, 0.15) is 0 Å². The van der Waals surface area contributed by atoms with Gasteiger partial charge >= 0.3 is 0 Å². The molecule has 0 amide bonds. The molecule has 0 aromatic carbocycles. The highest BCUT2D eigenvalue weighted by molar-refractivity contribution is 4.94. The van der Waals surface area contributed by atoms with Crippen LogP contribution >= 0.6 is 0 Å². The quantitative estimate of drug-likeness (QED) is 0.731. The summed E-state index contributed by atoms with van der Waals surface area (Å²) < 4.78 is 0. The number of fused-ring (bicyclic) bond motifs is 1. The van der Waals surface area contributed by atoms with Crippen molar-refractivity contribution in [1.29, 1.82) is 0 Å². The summed E-state index contributed by atoms with van der Waals surface area (Å²) in [5.74, 6) is 0.988. The minimum absolute atomic E-state index is 0.723. The lowest BCUT2D eigenvalue weighted by Gasteiger charge is -2.41. The second-order valence-electron chi connectivity index (χ2n) is 5.83. The van der Waals surface area contributed by atoms with Crippen LogP contribution in [0, 0.1) is 5.92 Å². The van der Waals surface area contributed by atoms with Gasteiger partial charge in [-0.3, -0.25) is 9.80 Å². The molecular formula is C15H32N2. The third-order valence-corrected chi connectivity index (χ3v) is 4.33. The second kappa shape index (κ2) is 6.75. The Hall–Kier alpha value is -0.0800. The molecular weight excluding hydrogens is 208 g/mol. The first-order valence-corrected chi connectivity index (χ1v) is 7.59. The average molecular weight is 240 g/mol. The van der Waals surface area contributed by atoms with Crippen LogP contribution < -0.4 is 0 Å². The van der Waals surface area contributed by atoms with Crippen molar-refractivity contribution in [3.05, 3.63) is 0 Å². The zero-order valence-electron chi connectivity index (χ0n) is 12.7. The summed E-state index contributed by atoms with van der Waals surface area (Å²) in [6.07, 6.45) is 2.86. The van der Waals surface area contributed by atoms with Gasteiger partial charge in [-0.1, -0.05) is 13.8 Å². The first-order chi connectivity index (χ1) is 8.09. The van der Waals surface area contributed by atoms with Crippen LogP contribution in [0.3, 0.4) is 0 Å². The normalized spacial score (nSPS) is 30.4. The second-order valence-corrected chi connectivity index (χ2v) is 5.83. The summed E-state index contributed by atoms with van der Waals surface area (Å²) in [5.41, 5.74) is 0. The molecule has 2 atom stereocenters. The van der Waals surface area contributed by atoms with Gasteiger partial charge in [-0.15, -0.1) is 0 Å². The van der Waals surface area contributed by atoms with E-state index < -0.39 is 0 Å². The van der Waals surface area contributed by atoms with E-state index in [0.717, 1.165) is 24.0 Å². The molecule has 0 radical (unpaired) electrons. The summed E-state index contributed by atoms with van der Waals surface area (Å²) >= 11 is 0. The van der Waals surface area contributed by atoms with Gasteiger partial charge in [0, 0.05) is 24.7 Å². The Morgan fingerprint density at radius 2 is 1.47 bits per heavy atom.